The first-order chi connectivity index (χ1) is 10.3. The van der Waals surface area contributed by atoms with E-state index < -0.39 is 10.8 Å². The van der Waals surface area contributed by atoms with Crippen molar-refractivity contribution in [3.63, 3.8) is 0 Å². The normalized spacial score (nSPS) is 16.6. The molecule has 0 heterocycles. The van der Waals surface area contributed by atoms with Crippen molar-refractivity contribution in [1.29, 1.82) is 0 Å². The van der Waals surface area contributed by atoms with Gasteiger partial charge in [0.25, 0.3) is 11.6 Å². The van der Waals surface area contributed by atoms with E-state index in [9.17, 15) is 19.7 Å². The predicted octanol–water partition coefficient (Wildman–Crippen LogP) is 2.10. The Morgan fingerprint density at radius 1 is 1.32 bits per heavy atom. The monoisotopic (exact) mass is 303 g/mol. The van der Waals surface area contributed by atoms with Gasteiger partial charge >= 0.3 is 0 Å². The van der Waals surface area contributed by atoms with Crippen LogP contribution in [0.3, 0.4) is 0 Å². The number of carbonyl (C=O) groups is 2. The van der Waals surface area contributed by atoms with Gasteiger partial charge < -0.3 is 5.43 Å². The lowest BCUT2D eigenvalue weighted by Gasteiger charge is -2.29. The van der Waals surface area contributed by atoms with Gasteiger partial charge in [-0.05, 0) is 17.9 Å². The number of amides is 1. The molecule has 0 unspecified atom stereocenters. The maximum atomic E-state index is 12.0. The zero-order valence-corrected chi connectivity index (χ0v) is 12.4. The second-order valence-corrected chi connectivity index (χ2v) is 6.04. The van der Waals surface area contributed by atoms with Crippen molar-refractivity contribution in [1.82, 2.24) is 10.9 Å². The number of benzene rings is 1. The van der Waals surface area contributed by atoms with Crippen LogP contribution in [0.25, 0.3) is 0 Å². The lowest BCUT2D eigenvalue weighted by molar-refractivity contribution is -0.384. The maximum absolute atomic E-state index is 12.0. The van der Waals surface area contributed by atoms with Gasteiger partial charge in [0.1, 0.15) is 0 Å². The van der Waals surface area contributed by atoms with Crippen molar-refractivity contribution in [3.8, 4) is 0 Å². The Balaban J connectivity index is 2.03. The highest BCUT2D eigenvalue weighted by atomic mass is 16.6. The van der Waals surface area contributed by atoms with E-state index in [4.69, 9.17) is 0 Å². The first-order valence-electron chi connectivity index (χ1n) is 6.81. The summed E-state index contributed by atoms with van der Waals surface area (Å²) in [6.45, 7) is 3.95. The Hall–Kier alpha value is -2.70. The molecular weight excluding hydrogens is 286 g/mol. The quantitative estimate of drug-likeness (QED) is 0.655. The third kappa shape index (κ3) is 3.91. The van der Waals surface area contributed by atoms with Gasteiger partial charge in [0.15, 0.2) is 5.78 Å². The summed E-state index contributed by atoms with van der Waals surface area (Å²) >= 11 is 0. The fourth-order valence-corrected chi connectivity index (χ4v) is 2.40. The molecule has 0 bridgehead atoms. The van der Waals surface area contributed by atoms with Crippen molar-refractivity contribution >= 4 is 17.4 Å². The lowest BCUT2D eigenvalue weighted by Crippen LogP contribution is -2.39. The molecule has 0 spiro atoms. The van der Waals surface area contributed by atoms with Gasteiger partial charge in [-0.15, -0.1) is 0 Å². The molecule has 0 saturated carbocycles. The molecule has 1 aliphatic rings. The highest BCUT2D eigenvalue weighted by Crippen LogP contribution is 2.32. The molecule has 0 aliphatic heterocycles. The molecule has 0 saturated heterocycles. The smallest absolute Gasteiger partial charge is 0.270 e. The van der Waals surface area contributed by atoms with E-state index in [0.29, 0.717) is 18.5 Å². The van der Waals surface area contributed by atoms with Crippen LogP contribution in [0.2, 0.25) is 0 Å². The van der Waals surface area contributed by atoms with E-state index in [1.165, 1.54) is 30.3 Å². The van der Waals surface area contributed by atoms with Gasteiger partial charge in [0.05, 0.1) is 4.92 Å². The molecule has 2 N–H and O–H groups in total. The number of hydrogen-bond donors (Lipinski definition) is 2. The highest BCUT2D eigenvalue weighted by molar-refractivity contribution is 5.95. The molecule has 22 heavy (non-hydrogen) atoms. The fourth-order valence-electron chi connectivity index (χ4n) is 2.40. The number of nitro benzene ring substituents is 1. The number of nitrogens with zero attached hydrogens (tertiary/aromatic N) is 1. The van der Waals surface area contributed by atoms with Gasteiger partial charge in [-0.25, -0.2) is 0 Å². The maximum Gasteiger partial charge on any atom is 0.270 e. The minimum Gasteiger partial charge on any atom is -0.302 e. The number of allylic oxidation sites excluding steroid dienone is 2. The zero-order valence-electron chi connectivity index (χ0n) is 12.4. The number of carbonyl (C=O) groups excluding carboxylic acids is 2. The van der Waals surface area contributed by atoms with E-state index >= 15 is 0 Å². The number of ketones is 1. The summed E-state index contributed by atoms with van der Waals surface area (Å²) in [6, 6.07) is 5.43. The summed E-state index contributed by atoms with van der Waals surface area (Å²) in [6.07, 6.45) is 2.57. The van der Waals surface area contributed by atoms with Crippen molar-refractivity contribution < 1.29 is 14.5 Å². The summed E-state index contributed by atoms with van der Waals surface area (Å²) in [5.41, 5.74) is 5.67. The molecule has 0 radical (unpaired) electrons. The summed E-state index contributed by atoms with van der Waals surface area (Å²) in [5, 5.41) is 10.7. The second-order valence-electron chi connectivity index (χ2n) is 6.04. The van der Waals surface area contributed by atoms with Crippen molar-refractivity contribution in [3.05, 3.63) is 51.7 Å². The molecule has 1 aromatic rings. The molecule has 1 aliphatic carbocycles. The topological polar surface area (TPSA) is 101 Å². The van der Waals surface area contributed by atoms with E-state index in [2.05, 4.69) is 10.9 Å². The van der Waals surface area contributed by atoms with E-state index in [1.807, 2.05) is 13.8 Å². The summed E-state index contributed by atoms with van der Waals surface area (Å²) in [7, 11) is 0. The largest absolute Gasteiger partial charge is 0.302 e. The minimum atomic E-state index is -0.560. The third-order valence-electron chi connectivity index (χ3n) is 3.31. The van der Waals surface area contributed by atoms with Crippen molar-refractivity contribution in [2.45, 2.75) is 26.7 Å². The Bertz CT molecular complexity index is 665. The van der Waals surface area contributed by atoms with Crippen LogP contribution in [0, 0.1) is 15.5 Å². The van der Waals surface area contributed by atoms with E-state index in [-0.39, 0.29) is 22.4 Å². The zero-order chi connectivity index (χ0) is 16.3. The van der Waals surface area contributed by atoms with E-state index in [0.717, 1.165) is 0 Å². The first-order valence-corrected chi connectivity index (χ1v) is 6.81. The number of nitrogens with one attached hydrogen (secondary N) is 2. The lowest BCUT2D eigenvalue weighted by atomic mass is 9.79. The Labute approximate surface area is 127 Å². The molecule has 0 fully saturated rings. The van der Waals surface area contributed by atoms with Crippen LogP contribution in [-0.4, -0.2) is 16.6 Å². The molecule has 1 aromatic carbocycles. The average Bonchev–Trinajstić information content (AvgIpc) is 2.42. The van der Waals surface area contributed by atoms with Gasteiger partial charge in [-0.1, -0.05) is 19.9 Å². The van der Waals surface area contributed by atoms with Gasteiger partial charge in [0, 0.05) is 35.9 Å². The van der Waals surface area contributed by atoms with Crippen molar-refractivity contribution in [2.24, 2.45) is 5.41 Å². The summed E-state index contributed by atoms with van der Waals surface area (Å²) < 4.78 is 0. The van der Waals surface area contributed by atoms with Crippen LogP contribution in [-0.2, 0) is 4.79 Å². The van der Waals surface area contributed by atoms with Gasteiger partial charge in [-0.2, -0.15) is 0 Å². The number of hydrogen-bond acceptors (Lipinski definition) is 5. The molecule has 0 aromatic heterocycles. The fraction of sp³-hybridized carbons (Fsp3) is 0.333. The van der Waals surface area contributed by atoms with Crippen LogP contribution in [0.1, 0.15) is 37.0 Å². The highest BCUT2D eigenvalue weighted by Gasteiger charge is 2.27. The molecule has 2 rings (SSSR count). The van der Waals surface area contributed by atoms with Crippen LogP contribution in [0.15, 0.2) is 36.0 Å². The van der Waals surface area contributed by atoms with Crippen LogP contribution in [0.5, 0.6) is 0 Å². The predicted molar refractivity (Wildman–Crippen MR) is 79.8 cm³/mol. The molecular formula is C15H17N3O4. The second kappa shape index (κ2) is 5.97. The number of non-ortho nitro benzene ring substituents is 1. The molecule has 0 atom stereocenters. The summed E-state index contributed by atoms with van der Waals surface area (Å²) in [4.78, 5) is 33.8. The third-order valence-corrected chi connectivity index (χ3v) is 3.31. The summed E-state index contributed by atoms with van der Waals surface area (Å²) in [5.74, 6) is -0.497. The molecule has 1 amide bonds. The first kappa shape index (κ1) is 15.7. The minimum absolute atomic E-state index is 0.00310. The van der Waals surface area contributed by atoms with Gasteiger partial charge in [0.2, 0.25) is 0 Å². The SMILES string of the molecule is CC1(C)CC(=O)C=C(NNC(=O)c2cccc([N+](=O)[O-])c2)C1. The number of nitro groups is 1. The molecule has 7 nitrogen and oxygen atoms in total. The van der Waals surface area contributed by atoms with E-state index in [1.54, 1.807) is 0 Å². The van der Waals surface area contributed by atoms with Gasteiger partial charge in [-0.3, -0.25) is 25.1 Å². The average molecular weight is 303 g/mol. The number of rotatable bonds is 4. The Morgan fingerprint density at radius 2 is 2.05 bits per heavy atom. The molecule has 116 valence electrons. The molecule has 7 heteroatoms. The van der Waals surface area contributed by atoms with Crippen molar-refractivity contribution in [2.75, 3.05) is 0 Å². The Kier molecular flexibility index (Phi) is 4.25. The Morgan fingerprint density at radius 3 is 2.68 bits per heavy atom. The van der Waals surface area contributed by atoms with Crippen LogP contribution < -0.4 is 10.9 Å². The standard InChI is InChI=1S/C15H17N3O4/c1-15(2)8-11(7-13(19)9-15)16-17-14(20)10-4-3-5-12(6-10)18(21)22/h3-7,16H,8-9H2,1-2H3,(H,17,20). The van der Waals surface area contributed by atoms with Crippen LogP contribution in [0.4, 0.5) is 5.69 Å². The number of hydrazine groups is 1. The van der Waals surface area contributed by atoms with Crippen LogP contribution >= 0.6 is 0 Å².